The Morgan fingerprint density at radius 1 is 1.37 bits per heavy atom. The van der Waals surface area contributed by atoms with E-state index in [4.69, 9.17) is 0 Å². The zero-order valence-electron chi connectivity index (χ0n) is 11.2. The van der Waals surface area contributed by atoms with Crippen LogP contribution in [0.15, 0.2) is 12.1 Å². The van der Waals surface area contributed by atoms with Gasteiger partial charge in [0.1, 0.15) is 5.75 Å². The van der Waals surface area contributed by atoms with Gasteiger partial charge in [0.15, 0.2) is 0 Å². The van der Waals surface area contributed by atoms with Gasteiger partial charge in [-0.2, -0.15) is 8.78 Å². The molecule has 1 aliphatic rings. The van der Waals surface area contributed by atoms with E-state index in [1.165, 1.54) is 0 Å². The average molecular weight is 271 g/mol. The first-order valence-electron chi connectivity index (χ1n) is 6.41. The summed E-state index contributed by atoms with van der Waals surface area (Å²) in [6.45, 7) is 2.90. The maximum absolute atomic E-state index is 12.4. The van der Waals surface area contributed by atoms with E-state index in [2.05, 4.69) is 4.74 Å². The first-order chi connectivity index (χ1) is 8.95. The van der Waals surface area contributed by atoms with Crippen molar-refractivity contribution in [2.24, 2.45) is 0 Å². The molecule has 1 fully saturated rings. The van der Waals surface area contributed by atoms with Crippen molar-refractivity contribution in [2.75, 3.05) is 13.1 Å². The number of β-amino-alcohol motifs (C(OH)–C–C–N with tert-alkyl or cyclic N) is 1. The Hall–Kier alpha value is -1.20. The monoisotopic (exact) mass is 271 g/mol. The minimum atomic E-state index is -2.81. The van der Waals surface area contributed by atoms with E-state index in [-0.39, 0.29) is 11.9 Å². The second kappa shape index (κ2) is 5.84. The van der Waals surface area contributed by atoms with Gasteiger partial charge in [-0.3, -0.25) is 4.90 Å². The summed E-state index contributed by atoms with van der Waals surface area (Å²) in [7, 11) is 0. The summed E-state index contributed by atoms with van der Waals surface area (Å²) < 4.78 is 29.5. The van der Waals surface area contributed by atoms with Gasteiger partial charge in [0, 0.05) is 25.2 Å². The predicted octanol–water partition coefficient (Wildman–Crippen LogP) is 2.47. The fourth-order valence-electron chi connectivity index (χ4n) is 2.38. The quantitative estimate of drug-likeness (QED) is 0.913. The van der Waals surface area contributed by atoms with Crippen molar-refractivity contribution in [1.29, 1.82) is 0 Å². The van der Waals surface area contributed by atoms with Gasteiger partial charge in [-0.15, -0.1) is 0 Å². The van der Waals surface area contributed by atoms with Crippen molar-refractivity contribution in [3.63, 3.8) is 0 Å². The number of rotatable bonds is 4. The predicted molar refractivity (Wildman–Crippen MR) is 68.4 cm³/mol. The molecule has 0 spiro atoms. The molecule has 1 aromatic rings. The molecule has 0 aliphatic carbocycles. The number of aryl methyl sites for hydroxylation is 2. The highest BCUT2D eigenvalue weighted by atomic mass is 19.3. The van der Waals surface area contributed by atoms with Crippen LogP contribution in [0.3, 0.4) is 0 Å². The third kappa shape index (κ3) is 3.64. The third-order valence-corrected chi connectivity index (χ3v) is 3.53. The van der Waals surface area contributed by atoms with Crippen LogP contribution in [-0.2, 0) is 6.54 Å². The molecular formula is C14H19F2NO2. The Labute approximate surface area is 111 Å². The molecule has 0 amide bonds. The lowest BCUT2D eigenvalue weighted by molar-refractivity contribution is -0.0508. The Morgan fingerprint density at radius 2 is 2.05 bits per heavy atom. The van der Waals surface area contributed by atoms with Crippen molar-refractivity contribution in [2.45, 2.75) is 39.5 Å². The molecule has 1 aromatic carbocycles. The minimum absolute atomic E-state index is 0.236. The first kappa shape index (κ1) is 14.2. The van der Waals surface area contributed by atoms with E-state index in [0.29, 0.717) is 13.1 Å². The number of aliphatic hydroxyl groups excluding tert-OH is 1. The molecule has 1 atom stereocenters. The zero-order chi connectivity index (χ0) is 14.0. The molecule has 1 aliphatic heterocycles. The van der Waals surface area contributed by atoms with E-state index in [1.807, 2.05) is 24.8 Å². The molecule has 0 radical (unpaired) electrons. The average Bonchev–Trinajstić information content (AvgIpc) is 2.70. The Morgan fingerprint density at radius 3 is 2.63 bits per heavy atom. The summed E-state index contributed by atoms with van der Waals surface area (Å²) in [5, 5.41) is 9.50. The van der Waals surface area contributed by atoms with E-state index in [0.717, 1.165) is 29.7 Å². The molecule has 19 heavy (non-hydrogen) atoms. The summed E-state index contributed by atoms with van der Waals surface area (Å²) >= 11 is 0. The van der Waals surface area contributed by atoms with Crippen molar-refractivity contribution in [3.8, 4) is 5.75 Å². The van der Waals surface area contributed by atoms with Gasteiger partial charge in [-0.05, 0) is 37.5 Å². The van der Waals surface area contributed by atoms with Crippen LogP contribution in [0.1, 0.15) is 23.1 Å². The van der Waals surface area contributed by atoms with Crippen LogP contribution >= 0.6 is 0 Å². The fraction of sp³-hybridized carbons (Fsp3) is 0.571. The lowest BCUT2D eigenvalue weighted by atomic mass is 10.0. The highest BCUT2D eigenvalue weighted by molar-refractivity contribution is 5.41. The molecule has 1 saturated heterocycles. The van der Waals surface area contributed by atoms with E-state index >= 15 is 0 Å². The van der Waals surface area contributed by atoms with Crippen LogP contribution in [-0.4, -0.2) is 35.8 Å². The van der Waals surface area contributed by atoms with Gasteiger partial charge in [0.05, 0.1) is 6.10 Å². The molecule has 106 valence electrons. The standard InChI is InChI=1S/C14H19F2NO2/c1-9-5-11(7-17-4-3-12(18)8-17)13(6-10(9)2)19-14(15)16/h5-6,12,14,18H,3-4,7-8H2,1-2H3/t12-/m0/s1. The maximum atomic E-state index is 12.4. The number of alkyl halides is 2. The molecular weight excluding hydrogens is 252 g/mol. The van der Waals surface area contributed by atoms with Gasteiger partial charge in [-0.1, -0.05) is 6.07 Å². The Bertz CT molecular complexity index is 451. The summed E-state index contributed by atoms with van der Waals surface area (Å²) in [5.41, 5.74) is 2.73. The summed E-state index contributed by atoms with van der Waals surface area (Å²) in [6.07, 6.45) is 0.418. The van der Waals surface area contributed by atoms with Crippen LogP contribution < -0.4 is 4.74 Å². The number of nitrogens with zero attached hydrogens (tertiary/aromatic N) is 1. The fourth-order valence-corrected chi connectivity index (χ4v) is 2.38. The molecule has 1 N–H and O–H groups in total. The molecule has 3 nitrogen and oxygen atoms in total. The zero-order valence-corrected chi connectivity index (χ0v) is 11.2. The highest BCUT2D eigenvalue weighted by Crippen LogP contribution is 2.27. The lowest BCUT2D eigenvalue weighted by Crippen LogP contribution is -2.22. The van der Waals surface area contributed by atoms with Gasteiger partial charge < -0.3 is 9.84 Å². The summed E-state index contributed by atoms with van der Waals surface area (Å²) in [6, 6.07) is 3.54. The first-order valence-corrected chi connectivity index (χ1v) is 6.41. The second-order valence-corrected chi connectivity index (χ2v) is 5.10. The van der Waals surface area contributed by atoms with Crippen LogP contribution in [0.2, 0.25) is 0 Å². The van der Waals surface area contributed by atoms with Crippen LogP contribution in [0.25, 0.3) is 0 Å². The number of hydrogen-bond donors (Lipinski definition) is 1. The number of likely N-dealkylation sites (tertiary alicyclic amines) is 1. The minimum Gasteiger partial charge on any atom is -0.434 e. The topological polar surface area (TPSA) is 32.7 Å². The van der Waals surface area contributed by atoms with E-state index in [1.54, 1.807) is 6.07 Å². The molecule has 0 aromatic heterocycles. The van der Waals surface area contributed by atoms with Crippen molar-refractivity contribution in [1.82, 2.24) is 4.90 Å². The highest BCUT2D eigenvalue weighted by Gasteiger charge is 2.22. The van der Waals surface area contributed by atoms with Gasteiger partial charge in [0.25, 0.3) is 0 Å². The van der Waals surface area contributed by atoms with Crippen molar-refractivity contribution in [3.05, 3.63) is 28.8 Å². The Balaban J connectivity index is 2.19. The third-order valence-electron chi connectivity index (χ3n) is 3.53. The van der Waals surface area contributed by atoms with Crippen LogP contribution in [0, 0.1) is 13.8 Å². The SMILES string of the molecule is Cc1cc(CN2CC[C@H](O)C2)c(OC(F)F)cc1C. The summed E-state index contributed by atoms with van der Waals surface area (Å²) in [5.74, 6) is 0.236. The molecule has 0 saturated carbocycles. The van der Waals surface area contributed by atoms with Gasteiger partial charge in [-0.25, -0.2) is 0 Å². The number of halogens is 2. The Kier molecular flexibility index (Phi) is 4.37. The summed E-state index contributed by atoms with van der Waals surface area (Å²) in [4.78, 5) is 2.05. The number of aliphatic hydroxyl groups is 1. The lowest BCUT2D eigenvalue weighted by Gasteiger charge is -2.19. The molecule has 0 unspecified atom stereocenters. The maximum Gasteiger partial charge on any atom is 0.387 e. The molecule has 0 bridgehead atoms. The van der Waals surface area contributed by atoms with Gasteiger partial charge >= 0.3 is 6.61 Å². The van der Waals surface area contributed by atoms with Crippen LogP contribution in [0.5, 0.6) is 5.75 Å². The van der Waals surface area contributed by atoms with Crippen molar-refractivity contribution < 1.29 is 18.6 Å². The smallest absolute Gasteiger partial charge is 0.387 e. The number of benzene rings is 1. The van der Waals surface area contributed by atoms with Crippen molar-refractivity contribution >= 4 is 0 Å². The normalized spacial score (nSPS) is 20.2. The van der Waals surface area contributed by atoms with E-state index in [9.17, 15) is 13.9 Å². The van der Waals surface area contributed by atoms with Crippen LogP contribution in [0.4, 0.5) is 8.78 Å². The molecule has 5 heteroatoms. The van der Waals surface area contributed by atoms with E-state index < -0.39 is 6.61 Å². The molecule has 2 rings (SSSR count). The number of hydrogen-bond acceptors (Lipinski definition) is 3. The second-order valence-electron chi connectivity index (χ2n) is 5.10. The largest absolute Gasteiger partial charge is 0.434 e. The number of ether oxygens (including phenoxy) is 1. The molecule has 1 heterocycles. The van der Waals surface area contributed by atoms with Gasteiger partial charge in [0.2, 0.25) is 0 Å².